The highest BCUT2D eigenvalue weighted by atomic mass is 19.4. The average Bonchev–Trinajstić information content (AvgIpc) is 3.58. The molecule has 1 spiro atoms. The Morgan fingerprint density at radius 3 is 2.67 bits per heavy atom. The summed E-state index contributed by atoms with van der Waals surface area (Å²) in [5, 5.41) is 10.9. The predicted molar refractivity (Wildman–Crippen MR) is 149 cm³/mol. The van der Waals surface area contributed by atoms with Gasteiger partial charge in [0.25, 0.3) is 5.91 Å². The summed E-state index contributed by atoms with van der Waals surface area (Å²) in [5.41, 5.74) is 1.47. The second-order valence-corrected chi connectivity index (χ2v) is 12.7. The van der Waals surface area contributed by atoms with E-state index in [4.69, 9.17) is 9.47 Å². The van der Waals surface area contributed by atoms with Crippen molar-refractivity contribution in [3.63, 3.8) is 0 Å². The number of phenolic OH excluding ortho intramolecular Hbond substituents is 1. The Hall–Kier alpha value is -3.71. The van der Waals surface area contributed by atoms with Gasteiger partial charge in [-0.15, -0.1) is 0 Å². The molecule has 3 fully saturated rings. The molecule has 2 aliphatic heterocycles. The molecular weight excluding hydrogens is 561 g/mol. The molecule has 226 valence electrons. The van der Waals surface area contributed by atoms with Gasteiger partial charge < -0.3 is 19.5 Å². The van der Waals surface area contributed by atoms with Gasteiger partial charge in [0.1, 0.15) is 12.2 Å². The van der Waals surface area contributed by atoms with Crippen LogP contribution in [0, 0.1) is 23.7 Å². The van der Waals surface area contributed by atoms with Crippen molar-refractivity contribution < 1.29 is 37.3 Å². The van der Waals surface area contributed by atoms with Crippen molar-refractivity contribution in [2.75, 3.05) is 20.1 Å². The third-order valence-corrected chi connectivity index (χ3v) is 10.4. The highest BCUT2D eigenvalue weighted by molar-refractivity contribution is 5.94. The molecule has 2 aromatic carbocycles. The van der Waals surface area contributed by atoms with Crippen LogP contribution in [0.1, 0.15) is 54.9 Å². The van der Waals surface area contributed by atoms with Gasteiger partial charge in [0, 0.05) is 54.9 Å². The number of likely N-dealkylation sites (N-methyl/N-ethyl adjacent to an activating group) is 1. The first kappa shape index (κ1) is 28.1. The molecule has 2 unspecified atom stereocenters. The number of phenols is 1. The summed E-state index contributed by atoms with van der Waals surface area (Å²) < 4.78 is 50.8. The van der Waals surface area contributed by atoms with Crippen LogP contribution in [0.3, 0.4) is 0 Å². The van der Waals surface area contributed by atoms with Crippen molar-refractivity contribution in [2.45, 2.75) is 74.9 Å². The number of amides is 1. The number of hydrogen-bond donors (Lipinski definition) is 1. The Labute approximate surface area is 247 Å². The maximum absolute atomic E-state index is 13.3. The number of carbonyl (C=O) groups is 2. The number of ether oxygens (including phenoxy) is 2. The molecule has 1 saturated heterocycles. The van der Waals surface area contributed by atoms with Gasteiger partial charge in [-0.1, -0.05) is 12.0 Å². The lowest BCUT2D eigenvalue weighted by Gasteiger charge is -2.60. The van der Waals surface area contributed by atoms with Crippen LogP contribution in [-0.4, -0.2) is 71.2 Å². The maximum atomic E-state index is 13.3. The molecule has 7 rings (SSSR count). The molecule has 7 atom stereocenters. The lowest BCUT2D eigenvalue weighted by Crippen LogP contribution is -2.69. The summed E-state index contributed by atoms with van der Waals surface area (Å²) in [7, 11) is 1.70. The fourth-order valence-electron chi connectivity index (χ4n) is 8.40. The number of hydrogen-bond acceptors (Lipinski definition) is 6. The summed E-state index contributed by atoms with van der Waals surface area (Å²) in [5.74, 6) is 5.93. The van der Waals surface area contributed by atoms with Gasteiger partial charge >= 0.3 is 12.1 Å². The van der Waals surface area contributed by atoms with Crippen molar-refractivity contribution in [1.29, 1.82) is 0 Å². The zero-order valence-corrected chi connectivity index (χ0v) is 24.0. The summed E-state index contributed by atoms with van der Waals surface area (Å²) in [6.45, 7) is 3.17. The SMILES string of the molecule is CC(=O)OC1CC1CN1CC[C@]23c4c5ccc(O)c4O[C@H]2[C@H](N(C)C(=O)C#Cc2ccc(C(F)(F)F)cc2)CC[C@H]3[C@H]1C5. The zero-order chi connectivity index (χ0) is 30.3. The van der Waals surface area contributed by atoms with Crippen LogP contribution in [0.15, 0.2) is 36.4 Å². The Morgan fingerprint density at radius 2 is 1.95 bits per heavy atom. The second kappa shape index (κ2) is 9.91. The minimum absolute atomic E-state index is 0.00513. The molecule has 7 nitrogen and oxygen atoms in total. The van der Waals surface area contributed by atoms with Gasteiger partial charge in [0.15, 0.2) is 11.5 Å². The molecule has 0 aromatic heterocycles. The number of carbonyl (C=O) groups excluding carboxylic acids is 2. The first-order valence-electron chi connectivity index (χ1n) is 14.9. The van der Waals surface area contributed by atoms with Crippen LogP contribution in [0.25, 0.3) is 0 Å². The third kappa shape index (κ3) is 4.55. The molecule has 3 aliphatic carbocycles. The molecule has 0 radical (unpaired) electrons. The van der Waals surface area contributed by atoms with Gasteiger partial charge in [-0.2, -0.15) is 13.2 Å². The van der Waals surface area contributed by atoms with E-state index in [0.29, 0.717) is 23.7 Å². The number of esters is 1. The van der Waals surface area contributed by atoms with E-state index < -0.39 is 17.6 Å². The van der Waals surface area contributed by atoms with E-state index in [1.165, 1.54) is 24.6 Å². The Kier molecular flexibility index (Phi) is 6.47. The van der Waals surface area contributed by atoms with Gasteiger partial charge in [-0.3, -0.25) is 14.5 Å². The molecule has 1 amide bonds. The summed E-state index contributed by atoms with van der Waals surface area (Å²) in [6, 6.07) is 8.13. The number of likely N-dealkylation sites (tertiary alicyclic amines) is 1. The quantitative estimate of drug-likeness (QED) is 0.421. The standard InChI is InChI=1S/C33H33F3N2O5/c1-18(39)42-27-16-21(27)17-38-14-13-32-23-9-10-24(31(32)43-30-26(40)11-6-20(29(30)32)15-25(23)38)37(2)28(41)12-5-19-3-7-22(8-4-19)33(34,35)36/h3-4,6-8,11,21,23-25,27,31,40H,9-10,13-17H2,1-2H3/t21?,23-,24+,25+,27?,31-,32-/m0/s1. The van der Waals surface area contributed by atoms with Crippen LogP contribution >= 0.6 is 0 Å². The number of halogens is 3. The average molecular weight is 595 g/mol. The van der Waals surface area contributed by atoms with E-state index in [0.717, 1.165) is 56.5 Å². The fraction of sp³-hybridized carbons (Fsp3) is 0.515. The zero-order valence-electron chi connectivity index (χ0n) is 24.0. The molecule has 2 saturated carbocycles. The Balaban J connectivity index is 1.14. The minimum Gasteiger partial charge on any atom is -0.504 e. The molecule has 2 bridgehead atoms. The molecule has 1 N–H and O–H groups in total. The predicted octanol–water partition coefficient (Wildman–Crippen LogP) is 4.28. The smallest absolute Gasteiger partial charge is 0.416 e. The normalized spacial score (nSPS) is 31.7. The van der Waals surface area contributed by atoms with Crippen molar-refractivity contribution in [1.82, 2.24) is 9.80 Å². The topological polar surface area (TPSA) is 79.3 Å². The van der Waals surface area contributed by atoms with Crippen molar-refractivity contribution in [2.24, 2.45) is 11.8 Å². The third-order valence-electron chi connectivity index (χ3n) is 10.4. The Morgan fingerprint density at radius 1 is 1.19 bits per heavy atom. The first-order chi connectivity index (χ1) is 20.5. The lowest BCUT2D eigenvalue weighted by atomic mass is 9.51. The number of rotatable bonds is 4. The van der Waals surface area contributed by atoms with Crippen LogP contribution in [0.4, 0.5) is 13.2 Å². The molecule has 10 heteroatoms. The maximum Gasteiger partial charge on any atom is 0.416 e. The van der Waals surface area contributed by atoms with Crippen molar-refractivity contribution >= 4 is 11.9 Å². The number of piperidine rings is 1. The van der Waals surface area contributed by atoms with E-state index in [9.17, 15) is 27.9 Å². The second-order valence-electron chi connectivity index (χ2n) is 12.7. The van der Waals surface area contributed by atoms with E-state index in [2.05, 4.69) is 16.7 Å². The van der Waals surface area contributed by atoms with E-state index >= 15 is 0 Å². The number of aromatic hydroxyl groups is 1. The largest absolute Gasteiger partial charge is 0.504 e. The number of benzene rings is 2. The highest BCUT2D eigenvalue weighted by Crippen LogP contribution is 2.64. The molecule has 5 aliphatic rings. The van der Waals surface area contributed by atoms with Crippen LogP contribution < -0.4 is 4.74 Å². The van der Waals surface area contributed by atoms with Crippen molar-refractivity contribution in [3.05, 3.63) is 58.7 Å². The van der Waals surface area contributed by atoms with Gasteiger partial charge in [-0.25, -0.2) is 0 Å². The van der Waals surface area contributed by atoms with Crippen LogP contribution in [0.2, 0.25) is 0 Å². The summed E-state index contributed by atoms with van der Waals surface area (Å²) in [4.78, 5) is 28.9. The lowest BCUT2D eigenvalue weighted by molar-refractivity contribution is -0.143. The van der Waals surface area contributed by atoms with E-state index in [1.807, 2.05) is 6.07 Å². The molecule has 43 heavy (non-hydrogen) atoms. The van der Waals surface area contributed by atoms with E-state index in [1.54, 1.807) is 18.0 Å². The molecular formula is C33H33F3N2O5. The highest BCUT2D eigenvalue weighted by Gasteiger charge is 2.66. The first-order valence-corrected chi connectivity index (χ1v) is 14.9. The monoisotopic (exact) mass is 594 g/mol. The Bertz CT molecular complexity index is 1550. The van der Waals surface area contributed by atoms with E-state index in [-0.39, 0.29) is 47.3 Å². The fourth-order valence-corrected chi connectivity index (χ4v) is 8.40. The molecule has 2 aromatic rings. The number of alkyl halides is 3. The van der Waals surface area contributed by atoms with Gasteiger partial charge in [0.2, 0.25) is 0 Å². The molecule has 2 heterocycles. The van der Waals surface area contributed by atoms with Gasteiger partial charge in [0.05, 0.1) is 11.6 Å². The van der Waals surface area contributed by atoms with Gasteiger partial charge in [-0.05, 0) is 80.5 Å². The summed E-state index contributed by atoms with van der Waals surface area (Å²) in [6.07, 6.45) is -0.647. The van der Waals surface area contributed by atoms with Crippen LogP contribution in [-0.2, 0) is 32.3 Å². The summed E-state index contributed by atoms with van der Waals surface area (Å²) >= 11 is 0. The minimum atomic E-state index is -4.44. The van der Waals surface area contributed by atoms with Crippen molar-refractivity contribution in [3.8, 4) is 23.3 Å². The number of nitrogens with zero attached hydrogens (tertiary/aromatic N) is 2. The van der Waals surface area contributed by atoms with Crippen LogP contribution in [0.5, 0.6) is 11.5 Å².